The van der Waals surface area contributed by atoms with Gasteiger partial charge in [0, 0.05) is 23.7 Å². The van der Waals surface area contributed by atoms with E-state index in [1.165, 1.54) is 44.9 Å². The van der Waals surface area contributed by atoms with Crippen LogP contribution in [0.15, 0.2) is 12.2 Å². The summed E-state index contributed by atoms with van der Waals surface area (Å²) < 4.78 is 0. The van der Waals surface area contributed by atoms with E-state index >= 15 is 0 Å². The van der Waals surface area contributed by atoms with Gasteiger partial charge in [0.1, 0.15) is 5.78 Å². The Bertz CT molecular complexity index is 857. The molecule has 0 bridgehead atoms. The Morgan fingerprint density at radius 3 is 2.19 bits per heavy atom. The standard InChI is InChI=1S/C30H48O2/c1-19-20(31)17-21(32)24-27(19,5)10-9-22-28(24,6)14-16-30(8)23-18-25(2,3)11-12-26(23,4)13-15-29(22,30)7/h9-10,19,21-24,32H,11-18H2,1-8H3/t19-,21+,22+,23+,24-,26+,27+,28+,29+,30-/m0/s1. The van der Waals surface area contributed by atoms with Crippen LogP contribution in [0.1, 0.15) is 107 Å². The monoisotopic (exact) mass is 440 g/mol. The molecule has 4 fully saturated rings. The third-order valence-corrected chi connectivity index (χ3v) is 13.1. The van der Waals surface area contributed by atoms with Crippen molar-refractivity contribution >= 4 is 5.78 Å². The first-order valence-electron chi connectivity index (χ1n) is 13.5. The molecule has 32 heavy (non-hydrogen) atoms. The second kappa shape index (κ2) is 6.52. The Morgan fingerprint density at radius 2 is 1.50 bits per heavy atom. The minimum Gasteiger partial charge on any atom is -0.392 e. The zero-order valence-corrected chi connectivity index (χ0v) is 22.1. The van der Waals surface area contributed by atoms with Crippen LogP contribution >= 0.6 is 0 Å². The van der Waals surface area contributed by atoms with Crippen LogP contribution in [0, 0.1) is 56.2 Å². The van der Waals surface area contributed by atoms with Crippen LogP contribution in [0.4, 0.5) is 0 Å². The highest BCUT2D eigenvalue weighted by Gasteiger charge is 2.70. The number of fused-ring (bicyclic) bond motifs is 7. The van der Waals surface area contributed by atoms with Crippen molar-refractivity contribution in [2.24, 2.45) is 56.2 Å². The highest BCUT2D eigenvalue weighted by molar-refractivity contribution is 5.83. The van der Waals surface area contributed by atoms with Crippen LogP contribution in [-0.4, -0.2) is 17.0 Å². The lowest BCUT2D eigenvalue weighted by Gasteiger charge is -2.73. The molecule has 5 aliphatic carbocycles. The van der Waals surface area contributed by atoms with E-state index in [2.05, 4.69) is 67.5 Å². The molecule has 0 radical (unpaired) electrons. The molecular formula is C30H48O2. The molecule has 4 saturated carbocycles. The summed E-state index contributed by atoms with van der Waals surface area (Å²) in [5.41, 5.74) is 1.35. The summed E-state index contributed by atoms with van der Waals surface area (Å²) in [6.07, 6.45) is 14.0. The van der Waals surface area contributed by atoms with Crippen LogP contribution < -0.4 is 0 Å². The summed E-state index contributed by atoms with van der Waals surface area (Å²) in [6, 6.07) is 0. The molecule has 2 heteroatoms. The second-order valence-electron chi connectivity index (χ2n) is 15.1. The average Bonchev–Trinajstić information content (AvgIpc) is 2.69. The number of ketones is 1. The third kappa shape index (κ3) is 2.65. The van der Waals surface area contributed by atoms with E-state index in [1.54, 1.807) is 0 Å². The molecule has 180 valence electrons. The van der Waals surface area contributed by atoms with E-state index in [1.807, 2.05) is 0 Å². The molecular weight excluding hydrogens is 392 g/mol. The van der Waals surface area contributed by atoms with Crippen molar-refractivity contribution in [3.63, 3.8) is 0 Å². The van der Waals surface area contributed by atoms with Gasteiger partial charge in [-0.25, -0.2) is 0 Å². The third-order valence-electron chi connectivity index (χ3n) is 13.1. The molecule has 0 amide bonds. The Kier molecular flexibility index (Phi) is 4.71. The van der Waals surface area contributed by atoms with Gasteiger partial charge in [0.05, 0.1) is 6.10 Å². The molecule has 0 aliphatic heterocycles. The number of allylic oxidation sites excluding steroid dienone is 2. The van der Waals surface area contributed by atoms with Crippen molar-refractivity contribution in [3.8, 4) is 0 Å². The highest BCUT2D eigenvalue weighted by atomic mass is 16.3. The van der Waals surface area contributed by atoms with E-state index in [0.29, 0.717) is 28.6 Å². The van der Waals surface area contributed by atoms with E-state index in [4.69, 9.17) is 0 Å². The SMILES string of the molecule is C[C@H]1C(=O)C[C@@H](O)[C@H]2[C@]1(C)C=C[C@@H]1[C@@]2(C)CC[C@@]2(C)[C@@H]3CC(C)(C)CC[C@]3(C)CC[C@]12C. The lowest BCUT2D eigenvalue weighted by atomic mass is 9.31. The molecule has 0 spiro atoms. The highest BCUT2D eigenvalue weighted by Crippen LogP contribution is 2.77. The maximum absolute atomic E-state index is 12.7. The summed E-state index contributed by atoms with van der Waals surface area (Å²) >= 11 is 0. The number of hydrogen-bond acceptors (Lipinski definition) is 2. The maximum Gasteiger partial charge on any atom is 0.139 e. The summed E-state index contributed by atoms with van der Waals surface area (Å²) in [7, 11) is 0. The molecule has 0 aromatic rings. The van der Waals surface area contributed by atoms with E-state index in [-0.39, 0.29) is 33.9 Å². The molecule has 0 unspecified atom stereocenters. The predicted octanol–water partition coefficient (Wildman–Crippen LogP) is 7.20. The van der Waals surface area contributed by atoms with Crippen molar-refractivity contribution < 1.29 is 9.90 Å². The minimum absolute atomic E-state index is 0.000155. The Balaban J connectivity index is 1.61. The second-order valence-corrected chi connectivity index (χ2v) is 15.1. The van der Waals surface area contributed by atoms with Gasteiger partial charge in [-0.05, 0) is 83.9 Å². The van der Waals surface area contributed by atoms with E-state index < -0.39 is 6.10 Å². The zero-order chi connectivity index (χ0) is 23.5. The number of carbonyl (C=O) groups is 1. The molecule has 2 nitrogen and oxygen atoms in total. The van der Waals surface area contributed by atoms with Gasteiger partial charge >= 0.3 is 0 Å². The van der Waals surface area contributed by atoms with Crippen LogP contribution in [0.25, 0.3) is 0 Å². The first-order chi connectivity index (χ1) is 14.6. The number of Topliss-reactive ketones (excluding diaryl/α,β-unsaturated/α-hetero) is 1. The van der Waals surface area contributed by atoms with Crippen molar-refractivity contribution in [2.75, 3.05) is 0 Å². The van der Waals surface area contributed by atoms with Crippen LogP contribution in [0.3, 0.4) is 0 Å². The molecule has 1 N–H and O–H groups in total. The van der Waals surface area contributed by atoms with Crippen LogP contribution in [0.5, 0.6) is 0 Å². The molecule has 0 saturated heterocycles. The van der Waals surface area contributed by atoms with Gasteiger partial charge in [0.2, 0.25) is 0 Å². The largest absolute Gasteiger partial charge is 0.392 e. The Hall–Kier alpha value is -0.630. The molecule has 0 aromatic heterocycles. The summed E-state index contributed by atoms with van der Waals surface area (Å²) in [5.74, 6) is 1.68. The van der Waals surface area contributed by atoms with Gasteiger partial charge in [0.25, 0.3) is 0 Å². The Morgan fingerprint density at radius 1 is 0.875 bits per heavy atom. The lowest BCUT2D eigenvalue weighted by Crippen LogP contribution is -2.68. The van der Waals surface area contributed by atoms with Crippen LogP contribution in [0.2, 0.25) is 0 Å². The minimum atomic E-state index is -0.503. The normalized spacial score (nSPS) is 58.9. The first kappa shape index (κ1) is 23.1. The van der Waals surface area contributed by atoms with Gasteiger partial charge in [-0.1, -0.05) is 67.5 Å². The number of hydrogen-bond donors (Lipinski definition) is 1. The van der Waals surface area contributed by atoms with Gasteiger partial charge < -0.3 is 5.11 Å². The van der Waals surface area contributed by atoms with Gasteiger partial charge in [-0.15, -0.1) is 0 Å². The number of aliphatic hydroxyl groups excluding tert-OH is 1. The molecule has 10 atom stereocenters. The van der Waals surface area contributed by atoms with Crippen molar-refractivity contribution in [3.05, 3.63) is 12.2 Å². The molecule has 5 aliphatic rings. The fraction of sp³-hybridized carbons (Fsp3) is 0.900. The van der Waals surface area contributed by atoms with Crippen molar-refractivity contribution in [2.45, 2.75) is 113 Å². The van der Waals surface area contributed by atoms with Crippen molar-refractivity contribution in [1.82, 2.24) is 0 Å². The average molecular weight is 441 g/mol. The summed E-state index contributed by atoms with van der Waals surface area (Å²) in [4.78, 5) is 12.7. The summed E-state index contributed by atoms with van der Waals surface area (Å²) in [5, 5.41) is 11.3. The predicted molar refractivity (Wildman–Crippen MR) is 131 cm³/mol. The van der Waals surface area contributed by atoms with Gasteiger partial charge in [-0.3, -0.25) is 4.79 Å². The molecule has 0 aromatic carbocycles. The Labute approximate surface area is 197 Å². The van der Waals surface area contributed by atoms with Crippen LogP contribution in [-0.2, 0) is 4.79 Å². The van der Waals surface area contributed by atoms with E-state index in [0.717, 1.165) is 5.92 Å². The molecule has 0 heterocycles. The number of aliphatic hydroxyl groups is 1. The topological polar surface area (TPSA) is 37.3 Å². The quantitative estimate of drug-likeness (QED) is 0.404. The summed E-state index contributed by atoms with van der Waals surface area (Å²) in [6.45, 7) is 19.7. The zero-order valence-electron chi connectivity index (χ0n) is 22.1. The van der Waals surface area contributed by atoms with Gasteiger partial charge in [-0.2, -0.15) is 0 Å². The fourth-order valence-corrected chi connectivity index (χ4v) is 10.6. The van der Waals surface area contributed by atoms with E-state index in [9.17, 15) is 9.90 Å². The van der Waals surface area contributed by atoms with Crippen molar-refractivity contribution in [1.29, 1.82) is 0 Å². The number of carbonyl (C=O) groups excluding carboxylic acids is 1. The lowest BCUT2D eigenvalue weighted by molar-refractivity contribution is -0.239. The molecule has 5 rings (SSSR count). The van der Waals surface area contributed by atoms with Gasteiger partial charge in [0.15, 0.2) is 0 Å². The smallest absolute Gasteiger partial charge is 0.139 e. The first-order valence-corrected chi connectivity index (χ1v) is 13.5. The number of rotatable bonds is 0. The maximum atomic E-state index is 12.7. The fourth-order valence-electron chi connectivity index (χ4n) is 10.6.